The molecule has 0 bridgehead atoms. The summed E-state index contributed by atoms with van der Waals surface area (Å²) in [6.45, 7) is 1.49. The van der Waals surface area contributed by atoms with Gasteiger partial charge < -0.3 is 14.6 Å². The lowest BCUT2D eigenvalue weighted by molar-refractivity contribution is 0.0580. The van der Waals surface area contributed by atoms with Crippen molar-refractivity contribution in [3.05, 3.63) is 51.3 Å². The Hall–Kier alpha value is -3.27. The number of pyridine rings is 1. The van der Waals surface area contributed by atoms with Gasteiger partial charge in [0.15, 0.2) is 17.6 Å². The van der Waals surface area contributed by atoms with E-state index < -0.39 is 17.4 Å². The van der Waals surface area contributed by atoms with Crippen LogP contribution in [-0.2, 0) is 0 Å². The van der Waals surface area contributed by atoms with Crippen LogP contribution in [0.5, 0.6) is 17.4 Å². The van der Waals surface area contributed by atoms with Crippen molar-refractivity contribution in [2.45, 2.75) is 44.8 Å². The highest BCUT2D eigenvalue weighted by Crippen LogP contribution is 2.36. The summed E-state index contributed by atoms with van der Waals surface area (Å²) in [5.41, 5.74) is -0.542. The van der Waals surface area contributed by atoms with Crippen molar-refractivity contribution in [2.24, 2.45) is 0 Å². The van der Waals surface area contributed by atoms with Gasteiger partial charge in [-0.2, -0.15) is 5.26 Å². The topological polar surface area (TPSA) is 102 Å². The van der Waals surface area contributed by atoms with E-state index in [1.54, 1.807) is 24.3 Å². The van der Waals surface area contributed by atoms with Gasteiger partial charge in [0.1, 0.15) is 18.2 Å². The SMILES string of the molecule is Cc1c(C(=O)C2COc3ccccc3O2)c(O)n(C2CCCC2)c(=O)c1C#N. The molecular weight excluding hydrogens is 360 g/mol. The van der Waals surface area contributed by atoms with Crippen LogP contribution in [0.2, 0.25) is 0 Å². The van der Waals surface area contributed by atoms with Gasteiger partial charge in [0.25, 0.3) is 5.56 Å². The van der Waals surface area contributed by atoms with Crippen LogP contribution in [0.1, 0.15) is 53.2 Å². The summed E-state index contributed by atoms with van der Waals surface area (Å²) in [7, 11) is 0. The Kier molecular flexibility index (Phi) is 4.55. The van der Waals surface area contributed by atoms with Gasteiger partial charge in [-0.05, 0) is 37.5 Å². The maximum absolute atomic E-state index is 13.2. The average Bonchev–Trinajstić information content (AvgIpc) is 3.22. The number of carbonyl (C=O) groups is 1. The number of Topliss-reactive ketones (excluding diaryl/α,β-unsaturated/α-hetero) is 1. The van der Waals surface area contributed by atoms with Crippen molar-refractivity contribution in [1.82, 2.24) is 4.57 Å². The van der Waals surface area contributed by atoms with Gasteiger partial charge >= 0.3 is 0 Å². The van der Waals surface area contributed by atoms with E-state index in [1.165, 1.54) is 11.5 Å². The van der Waals surface area contributed by atoms with E-state index in [4.69, 9.17) is 9.47 Å². The number of ketones is 1. The largest absolute Gasteiger partial charge is 0.494 e. The Morgan fingerprint density at radius 2 is 1.93 bits per heavy atom. The molecule has 0 saturated heterocycles. The van der Waals surface area contributed by atoms with Crippen LogP contribution >= 0.6 is 0 Å². The average molecular weight is 380 g/mol. The number of nitriles is 1. The van der Waals surface area contributed by atoms with Crippen LogP contribution in [0.15, 0.2) is 29.1 Å². The standard InChI is InChI=1S/C21H20N2O5/c1-12-14(10-22)20(25)23(13-6-2-3-7-13)21(26)18(12)19(24)17-11-27-15-8-4-5-9-16(15)28-17/h4-5,8-9,13,17,26H,2-3,6-7,11H2,1H3. The molecule has 2 aliphatic rings. The lowest BCUT2D eigenvalue weighted by Gasteiger charge is -2.27. The molecule has 0 amide bonds. The summed E-state index contributed by atoms with van der Waals surface area (Å²) < 4.78 is 12.6. The molecule has 1 N–H and O–H groups in total. The van der Waals surface area contributed by atoms with E-state index in [1.807, 2.05) is 6.07 Å². The molecule has 1 atom stereocenters. The van der Waals surface area contributed by atoms with Crippen LogP contribution in [-0.4, -0.2) is 28.2 Å². The molecule has 1 aromatic heterocycles. The molecule has 2 aromatic rings. The highest BCUT2D eigenvalue weighted by molar-refractivity contribution is 6.03. The predicted octanol–water partition coefficient (Wildman–Crippen LogP) is 2.87. The summed E-state index contributed by atoms with van der Waals surface area (Å²) in [5.74, 6) is 0.0867. The summed E-state index contributed by atoms with van der Waals surface area (Å²) in [5, 5.41) is 20.4. The minimum absolute atomic E-state index is 0.0147. The molecule has 1 saturated carbocycles. The van der Waals surface area contributed by atoms with Crippen molar-refractivity contribution < 1.29 is 19.4 Å². The number of aromatic hydroxyl groups is 1. The van der Waals surface area contributed by atoms with Gasteiger partial charge in [-0.1, -0.05) is 25.0 Å². The monoisotopic (exact) mass is 380 g/mol. The third-order valence-corrected chi connectivity index (χ3v) is 5.48. The first-order valence-corrected chi connectivity index (χ1v) is 9.33. The Bertz CT molecular complexity index is 1040. The quantitative estimate of drug-likeness (QED) is 0.822. The van der Waals surface area contributed by atoms with Crippen molar-refractivity contribution in [3.63, 3.8) is 0 Å². The van der Waals surface area contributed by atoms with Gasteiger partial charge in [-0.25, -0.2) is 0 Å². The summed E-state index contributed by atoms with van der Waals surface area (Å²) in [4.78, 5) is 26.0. The Balaban J connectivity index is 1.79. The first-order valence-electron chi connectivity index (χ1n) is 9.33. The number of hydrogen-bond acceptors (Lipinski definition) is 6. The molecule has 1 unspecified atom stereocenters. The molecular formula is C21H20N2O5. The van der Waals surface area contributed by atoms with E-state index in [0.717, 1.165) is 25.7 Å². The van der Waals surface area contributed by atoms with Crippen LogP contribution in [0, 0.1) is 18.3 Å². The number of benzene rings is 1. The zero-order valence-corrected chi connectivity index (χ0v) is 15.5. The Morgan fingerprint density at radius 3 is 2.61 bits per heavy atom. The molecule has 4 rings (SSSR count). The van der Waals surface area contributed by atoms with Crippen LogP contribution in [0.4, 0.5) is 0 Å². The zero-order chi connectivity index (χ0) is 19.8. The number of rotatable bonds is 3. The molecule has 144 valence electrons. The van der Waals surface area contributed by atoms with E-state index in [-0.39, 0.29) is 35.2 Å². The van der Waals surface area contributed by atoms with Gasteiger partial charge in [-0.15, -0.1) is 0 Å². The minimum Gasteiger partial charge on any atom is -0.494 e. The second kappa shape index (κ2) is 7.04. The molecule has 7 heteroatoms. The second-order valence-corrected chi connectivity index (χ2v) is 7.15. The van der Waals surface area contributed by atoms with Crippen LogP contribution < -0.4 is 15.0 Å². The van der Waals surface area contributed by atoms with Gasteiger partial charge in [0.05, 0.1) is 5.56 Å². The van der Waals surface area contributed by atoms with Gasteiger partial charge in [0, 0.05) is 6.04 Å². The first kappa shape index (κ1) is 18.1. The number of fused-ring (bicyclic) bond motifs is 1. The van der Waals surface area contributed by atoms with Crippen molar-refractivity contribution >= 4 is 5.78 Å². The van der Waals surface area contributed by atoms with E-state index in [9.17, 15) is 20.0 Å². The smallest absolute Gasteiger partial charge is 0.271 e. The minimum atomic E-state index is -0.972. The fourth-order valence-electron chi connectivity index (χ4n) is 4.03. The Morgan fingerprint density at radius 1 is 1.25 bits per heavy atom. The van der Waals surface area contributed by atoms with E-state index in [0.29, 0.717) is 11.5 Å². The maximum Gasteiger partial charge on any atom is 0.271 e. The molecule has 1 aliphatic carbocycles. The predicted molar refractivity (Wildman–Crippen MR) is 100 cm³/mol. The fourth-order valence-corrected chi connectivity index (χ4v) is 4.03. The molecule has 0 radical (unpaired) electrons. The summed E-state index contributed by atoms with van der Waals surface area (Å²) >= 11 is 0. The summed E-state index contributed by atoms with van der Waals surface area (Å²) in [6.07, 6.45) is 2.36. The maximum atomic E-state index is 13.2. The highest BCUT2D eigenvalue weighted by atomic mass is 16.6. The molecule has 0 spiro atoms. The highest BCUT2D eigenvalue weighted by Gasteiger charge is 2.35. The Labute approximate surface area is 161 Å². The zero-order valence-electron chi connectivity index (χ0n) is 15.5. The third-order valence-electron chi connectivity index (χ3n) is 5.48. The molecule has 1 aliphatic heterocycles. The molecule has 7 nitrogen and oxygen atoms in total. The normalized spacial score (nSPS) is 18.6. The van der Waals surface area contributed by atoms with Crippen LogP contribution in [0.25, 0.3) is 0 Å². The van der Waals surface area contributed by atoms with Crippen LogP contribution in [0.3, 0.4) is 0 Å². The number of nitrogens with zero attached hydrogens (tertiary/aromatic N) is 2. The van der Waals surface area contributed by atoms with Gasteiger partial charge in [0.2, 0.25) is 11.7 Å². The summed E-state index contributed by atoms with van der Waals surface area (Å²) in [6, 6.07) is 8.70. The number of hydrogen-bond donors (Lipinski definition) is 1. The van der Waals surface area contributed by atoms with E-state index >= 15 is 0 Å². The van der Waals surface area contributed by atoms with Crippen molar-refractivity contribution in [1.29, 1.82) is 5.26 Å². The first-order chi connectivity index (χ1) is 13.5. The lowest BCUT2D eigenvalue weighted by atomic mass is 9.98. The molecule has 1 fully saturated rings. The van der Waals surface area contributed by atoms with E-state index in [2.05, 4.69) is 0 Å². The fraction of sp³-hybridized carbons (Fsp3) is 0.381. The molecule has 28 heavy (non-hydrogen) atoms. The molecule has 1 aromatic carbocycles. The number of carbonyl (C=O) groups excluding carboxylic acids is 1. The second-order valence-electron chi connectivity index (χ2n) is 7.15. The van der Waals surface area contributed by atoms with Crippen molar-refractivity contribution in [3.8, 4) is 23.4 Å². The number of para-hydroxylation sites is 2. The van der Waals surface area contributed by atoms with Gasteiger partial charge in [-0.3, -0.25) is 14.2 Å². The molecule has 2 heterocycles. The number of aromatic nitrogens is 1. The lowest BCUT2D eigenvalue weighted by Crippen LogP contribution is -2.38. The van der Waals surface area contributed by atoms with Crippen molar-refractivity contribution in [2.75, 3.05) is 6.61 Å². The number of ether oxygens (including phenoxy) is 2. The third kappa shape index (κ3) is 2.82.